The van der Waals surface area contributed by atoms with Crippen molar-refractivity contribution in [3.63, 3.8) is 0 Å². The van der Waals surface area contributed by atoms with Crippen molar-refractivity contribution in [3.8, 4) is 33.6 Å². The molecule has 0 atom stereocenters. The van der Waals surface area contributed by atoms with Crippen LogP contribution < -0.4 is 26.2 Å². The normalized spacial score (nSPS) is 13.4. The second-order valence-electron chi connectivity index (χ2n) is 28.7. The number of nitrogens with zero attached hydrogens (tertiary/aromatic N) is 4. The highest BCUT2D eigenvalue weighted by atomic mass is 15.2. The number of benzene rings is 11. The van der Waals surface area contributed by atoms with Gasteiger partial charge in [0.15, 0.2) is 0 Å². The average molecular weight is 1130 g/mol. The molecule has 2 aliphatic heterocycles. The van der Waals surface area contributed by atoms with E-state index in [1.807, 2.05) is 0 Å². The summed E-state index contributed by atoms with van der Waals surface area (Å²) in [5, 5.41) is 5.01. The molecule has 87 heavy (non-hydrogen) atoms. The molecular weight excluding hydrogens is 1050 g/mol. The summed E-state index contributed by atoms with van der Waals surface area (Å²) in [6, 6.07) is 90.3. The Balaban J connectivity index is 1.04. The number of para-hydroxylation sites is 6. The van der Waals surface area contributed by atoms with E-state index in [1.165, 1.54) is 139 Å². The van der Waals surface area contributed by atoms with Crippen molar-refractivity contribution in [1.82, 2.24) is 9.13 Å². The van der Waals surface area contributed by atoms with E-state index in [4.69, 9.17) is 0 Å². The van der Waals surface area contributed by atoms with Crippen molar-refractivity contribution in [2.45, 2.75) is 105 Å². The van der Waals surface area contributed by atoms with Crippen LogP contribution in [0.15, 0.2) is 237 Å². The maximum atomic E-state index is 2.62. The molecule has 0 fully saturated rings. The zero-order valence-corrected chi connectivity index (χ0v) is 52.4. The Bertz CT molecular complexity index is 4470. The third-order valence-electron chi connectivity index (χ3n) is 18.9. The van der Waals surface area contributed by atoms with Crippen molar-refractivity contribution in [2.24, 2.45) is 0 Å². The molecule has 0 aliphatic carbocycles. The molecule has 0 unspecified atom stereocenters. The monoisotopic (exact) mass is 1130 g/mol. The van der Waals surface area contributed by atoms with Gasteiger partial charge in [-0.15, -0.1) is 0 Å². The smallest absolute Gasteiger partial charge is 0.252 e. The predicted molar refractivity (Wildman–Crippen MR) is 375 cm³/mol. The highest BCUT2D eigenvalue weighted by Crippen LogP contribution is 2.49. The molecule has 0 bridgehead atoms. The summed E-state index contributed by atoms with van der Waals surface area (Å²) in [7, 11) is 0. The highest BCUT2D eigenvalue weighted by molar-refractivity contribution is 7.00. The number of hydrogen-bond donors (Lipinski definition) is 0. The molecule has 0 amide bonds. The standard InChI is InChI=1S/C82H75BN4/c1-79(2,3)54-46-55(80(4,5)6)49-58(48-54)84-74-42-40-52(60-26-13-19-32-68(60)86-70-34-21-15-28-62(70)63-29-16-22-35-71(63)86)44-66(74)83-67-45-53(61-27-14-20-33-69(61)87-72-36-23-17-30-64(72)65-31-18-24-37-73(65)87)41-43-75(67)85(77-39-25-38-76(84)78(77)83)59-50-56(81(7,8)9)47-57(51-59)82(10,11)12/h13-51H,1-12H3. The molecule has 2 aliphatic rings. The van der Waals surface area contributed by atoms with E-state index in [-0.39, 0.29) is 28.4 Å². The molecule has 4 heterocycles. The van der Waals surface area contributed by atoms with Crippen molar-refractivity contribution in [2.75, 3.05) is 9.80 Å². The fraction of sp³-hybridized carbons (Fsp3) is 0.195. The van der Waals surface area contributed by atoms with Crippen LogP contribution in [-0.2, 0) is 21.7 Å². The predicted octanol–water partition coefficient (Wildman–Crippen LogP) is 20.5. The zero-order valence-electron chi connectivity index (χ0n) is 52.4. The van der Waals surface area contributed by atoms with E-state index in [2.05, 4.69) is 339 Å². The zero-order chi connectivity index (χ0) is 60.1. The molecule has 15 rings (SSSR count). The second-order valence-corrected chi connectivity index (χ2v) is 28.7. The fourth-order valence-electron chi connectivity index (χ4n) is 14.2. The Hall–Kier alpha value is -9.32. The van der Waals surface area contributed by atoms with Crippen LogP contribution in [0.3, 0.4) is 0 Å². The lowest BCUT2D eigenvalue weighted by molar-refractivity contribution is 0.568. The molecule has 0 saturated carbocycles. The third kappa shape index (κ3) is 8.78. The Morgan fingerprint density at radius 2 is 0.563 bits per heavy atom. The molecule has 11 aromatic carbocycles. The minimum absolute atomic E-state index is 0.0991. The SMILES string of the molecule is CC(C)(C)c1cc(N2c3ccc(-c4ccccc4-n4c5ccccc5c5ccccc54)cc3B3c4cc(-c5ccccc5-n5c6ccccc6c6ccccc65)ccc4N(c4cc(C(C)(C)C)cc(C(C)(C)C)c4)c4cccc2c43)cc(C(C)(C)C)c1. The maximum Gasteiger partial charge on any atom is 0.252 e. The number of rotatable bonds is 6. The van der Waals surface area contributed by atoms with Crippen LogP contribution >= 0.6 is 0 Å². The van der Waals surface area contributed by atoms with Gasteiger partial charge in [0.2, 0.25) is 0 Å². The summed E-state index contributed by atoms with van der Waals surface area (Å²) < 4.78 is 4.97. The first-order chi connectivity index (χ1) is 41.7. The van der Waals surface area contributed by atoms with Crippen molar-refractivity contribution >= 4 is 101 Å². The molecule has 0 saturated heterocycles. The molecule has 2 aromatic heterocycles. The average Bonchev–Trinajstić information content (AvgIpc) is 1.43. The Kier molecular flexibility index (Phi) is 12.2. The van der Waals surface area contributed by atoms with Gasteiger partial charge in [0.05, 0.1) is 33.4 Å². The lowest BCUT2D eigenvalue weighted by atomic mass is 9.33. The van der Waals surface area contributed by atoms with Gasteiger partial charge in [-0.3, -0.25) is 0 Å². The van der Waals surface area contributed by atoms with E-state index >= 15 is 0 Å². The summed E-state index contributed by atoms with van der Waals surface area (Å²) >= 11 is 0. The number of hydrogen-bond acceptors (Lipinski definition) is 2. The molecule has 0 N–H and O–H groups in total. The summed E-state index contributed by atoms with van der Waals surface area (Å²) in [5.74, 6) is 0. The van der Waals surface area contributed by atoms with E-state index in [9.17, 15) is 0 Å². The Labute approximate surface area is 514 Å². The molecule has 5 heteroatoms. The summed E-state index contributed by atoms with van der Waals surface area (Å²) in [6.45, 7) is 28.1. The van der Waals surface area contributed by atoms with Gasteiger partial charge in [-0.05, 0) is 156 Å². The van der Waals surface area contributed by atoms with Gasteiger partial charge < -0.3 is 18.9 Å². The Morgan fingerprint density at radius 3 is 0.897 bits per heavy atom. The molecular formula is C82H75BN4. The van der Waals surface area contributed by atoms with E-state index in [0.29, 0.717) is 0 Å². The number of anilines is 6. The van der Waals surface area contributed by atoms with Gasteiger partial charge in [0.25, 0.3) is 6.71 Å². The van der Waals surface area contributed by atoms with Gasteiger partial charge in [-0.25, -0.2) is 0 Å². The van der Waals surface area contributed by atoms with E-state index < -0.39 is 0 Å². The van der Waals surface area contributed by atoms with Gasteiger partial charge in [-0.2, -0.15) is 0 Å². The van der Waals surface area contributed by atoms with Crippen molar-refractivity contribution in [3.05, 3.63) is 259 Å². The highest BCUT2D eigenvalue weighted by Gasteiger charge is 2.44. The van der Waals surface area contributed by atoms with Crippen LogP contribution in [0.1, 0.15) is 105 Å². The van der Waals surface area contributed by atoms with E-state index in [1.54, 1.807) is 0 Å². The molecule has 426 valence electrons. The van der Waals surface area contributed by atoms with Gasteiger partial charge in [0, 0.05) is 66.8 Å². The van der Waals surface area contributed by atoms with Crippen LogP contribution in [0.2, 0.25) is 0 Å². The molecule has 0 spiro atoms. The van der Waals surface area contributed by atoms with Gasteiger partial charge >= 0.3 is 0 Å². The van der Waals surface area contributed by atoms with Gasteiger partial charge in [-0.1, -0.05) is 235 Å². The van der Waals surface area contributed by atoms with Crippen LogP contribution in [0.25, 0.3) is 77.2 Å². The lowest BCUT2D eigenvalue weighted by Crippen LogP contribution is -2.61. The lowest BCUT2D eigenvalue weighted by Gasteiger charge is -2.45. The van der Waals surface area contributed by atoms with Gasteiger partial charge in [0.1, 0.15) is 0 Å². The Morgan fingerprint density at radius 1 is 0.264 bits per heavy atom. The minimum atomic E-state index is -0.157. The first-order valence-corrected chi connectivity index (χ1v) is 31.2. The summed E-state index contributed by atoms with van der Waals surface area (Å²) in [6.07, 6.45) is 0. The topological polar surface area (TPSA) is 16.3 Å². The van der Waals surface area contributed by atoms with Crippen LogP contribution in [0.4, 0.5) is 34.1 Å². The van der Waals surface area contributed by atoms with Crippen LogP contribution in [-0.4, -0.2) is 15.8 Å². The first-order valence-electron chi connectivity index (χ1n) is 31.2. The van der Waals surface area contributed by atoms with Crippen molar-refractivity contribution in [1.29, 1.82) is 0 Å². The third-order valence-corrected chi connectivity index (χ3v) is 18.9. The minimum Gasteiger partial charge on any atom is -0.311 e. The van der Waals surface area contributed by atoms with Crippen LogP contribution in [0, 0.1) is 0 Å². The molecule has 13 aromatic rings. The summed E-state index contributed by atoms with van der Waals surface area (Å²) in [4.78, 5) is 5.24. The number of fused-ring (bicyclic) bond motifs is 10. The fourth-order valence-corrected chi connectivity index (χ4v) is 14.2. The number of aromatic nitrogens is 2. The van der Waals surface area contributed by atoms with E-state index in [0.717, 1.165) is 11.4 Å². The largest absolute Gasteiger partial charge is 0.311 e. The maximum absolute atomic E-state index is 2.62. The second kappa shape index (κ2) is 19.6. The van der Waals surface area contributed by atoms with Crippen LogP contribution in [0.5, 0.6) is 0 Å². The first kappa shape index (κ1) is 54.3. The molecule has 4 nitrogen and oxygen atoms in total. The molecule has 0 radical (unpaired) electrons. The quantitative estimate of drug-likeness (QED) is 0.154. The van der Waals surface area contributed by atoms with Crippen molar-refractivity contribution < 1.29 is 0 Å². The summed E-state index contributed by atoms with van der Waals surface area (Å²) in [5.41, 5.74) is 27.7.